The van der Waals surface area contributed by atoms with E-state index in [2.05, 4.69) is 10.2 Å². The fourth-order valence-electron chi connectivity index (χ4n) is 5.88. The maximum Gasteiger partial charge on any atom is 0.317 e. The highest BCUT2D eigenvalue weighted by Crippen LogP contribution is 2.38. The zero-order valence-corrected chi connectivity index (χ0v) is 21.1. The van der Waals surface area contributed by atoms with E-state index in [1.807, 2.05) is 43.0 Å². The van der Waals surface area contributed by atoms with Gasteiger partial charge in [-0.3, -0.25) is 29.7 Å². The van der Waals surface area contributed by atoms with Crippen LogP contribution in [0.25, 0.3) is 10.1 Å². The topological polar surface area (TPSA) is 111 Å². The van der Waals surface area contributed by atoms with Crippen molar-refractivity contribution in [1.82, 2.24) is 14.7 Å². The lowest BCUT2D eigenvalue weighted by molar-refractivity contribution is -0.133. The molecule has 1 aromatic carbocycles. The highest BCUT2D eigenvalue weighted by Gasteiger charge is 2.50. The largest absolute Gasteiger partial charge is 0.351 e. The molecule has 1 unspecified atom stereocenters. The number of amides is 4. The van der Waals surface area contributed by atoms with E-state index in [-0.39, 0.29) is 11.8 Å². The van der Waals surface area contributed by atoms with Gasteiger partial charge in [0.25, 0.3) is 11.8 Å². The van der Waals surface area contributed by atoms with Crippen LogP contribution in [-0.4, -0.2) is 82.7 Å². The molecule has 1 atom stereocenters. The molecule has 4 amide bonds. The molecule has 2 fully saturated rings. The van der Waals surface area contributed by atoms with E-state index in [1.54, 1.807) is 4.90 Å². The standard InChI is InChI=1S/C25H32N6O3S/c1-3-31-16(2)28-25(23(31)33)11-6-12-30(15-25)17-9-13-29(14-10-17)22(32)20-18-7-4-5-8-19(18)35-21(20)27-24(26)34/h4-5,7-8,17H,3,6,9-15H2,1-2H3,(H3,26,27,34). The minimum absolute atomic E-state index is 0.0791. The monoisotopic (exact) mass is 496 g/mol. The van der Waals surface area contributed by atoms with Gasteiger partial charge in [-0.1, -0.05) is 18.2 Å². The molecule has 0 saturated carbocycles. The van der Waals surface area contributed by atoms with Crippen LogP contribution in [-0.2, 0) is 4.79 Å². The van der Waals surface area contributed by atoms with Crippen molar-refractivity contribution in [2.24, 2.45) is 10.7 Å². The maximum absolute atomic E-state index is 13.6. The molecule has 0 radical (unpaired) electrons. The zero-order chi connectivity index (χ0) is 24.7. The number of hydrogen-bond acceptors (Lipinski definition) is 6. The number of amidine groups is 1. The quantitative estimate of drug-likeness (QED) is 0.677. The lowest BCUT2D eigenvalue weighted by Gasteiger charge is -2.44. The normalized spacial score (nSPS) is 23.8. The molecule has 0 aliphatic carbocycles. The highest BCUT2D eigenvalue weighted by molar-refractivity contribution is 7.23. The number of carbonyl (C=O) groups excluding carboxylic acids is 3. The number of nitrogens with one attached hydrogen (secondary N) is 1. The van der Waals surface area contributed by atoms with E-state index in [0.29, 0.717) is 42.8 Å². The smallest absolute Gasteiger partial charge is 0.317 e. The third-order valence-corrected chi connectivity index (χ3v) is 8.63. The second kappa shape index (κ2) is 9.23. The van der Waals surface area contributed by atoms with Crippen molar-refractivity contribution in [2.45, 2.75) is 51.1 Å². The summed E-state index contributed by atoms with van der Waals surface area (Å²) in [5.74, 6) is 0.876. The maximum atomic E-state index is 13.6. The molecule has 5 rings (SSSR count). The molecule has 2 saturated heterocycles. The number of carbonyl (C=O) groups is 3. The Morgan fingerprint density at radius 1 is 1.23 bits per heavy atom. The van der Waals surface area contributed by atoms with Crippen molar-refractivity contribution < 1.29 is 14.4 Å². The van der Waals surface area contributed by atoms with Gasteiger partial charge in [0.15, 0.2) is 5.54 Å². The second-order valence-corrected chi connectivity index (χ2v) is 10.7. The average molecular weight is 497 g/mol. The van der Waals surface area contributed by atoms with E-state index >= 15 is 0 Å². The number of urea groups is 1. The van der Waals surface area contributed by atoms with Crippen LogP contribution < -0.4 is 11.1 Å². The van der Waals surface area contributed by atoms with Gasteiger partial charge in [-0.25, -0.2) is 4.79 Å². The number of piperidine rings is 2. The van der Waals surface area contributed by atoms with Crippen molar-refractivity contribution >= 4 is 50.1 Å². The summed E-state index contributed by atoms with van der Waals surface area (Å²) >= 11 is 1.36. The molecule has 2 aromatic rings. The van der Waals surface area contributed by atoms with E-state index in [9.17, 15) is 14.4 Å². The molecule has 3 N–H and O–H groups in total. The number of rotatable bonds is 4. The Balaban J connectivity index is 1.29. The number of anilines is 1. The van der Waals surface area contributed by atoms with E-state index in [4.69, 9.17) is 10.7 Å². The number of likely N-dealkylation sites (N-methyl/N-ethyl adjacent to an activating group) is 1. The second-order valence-electron chi connectivity index (χ2n) is 9.63. The molecular formula is C25H32N6O3S. The van der Waals surface area contributed by atoms with Crippen LogP contribution in [0.5, 0.6) is 0 Å². The highest BCUT2D eigenvalue weighted by atomic mass is 32.1. The third kappa shape index (κ3) is 4.18. The van der Waals surface area contributed by atoms with Gasteiger partial charge in [-0.15, -0.1) is 11.3 Å². The van der Waals surface area contributed by atoms with E-state index in [1.165, 1.54) is 11.3 Å². The number of benzene rings is 1. The number of nitrogens with two attached hydrogens (primary N) is 1. The summed E-state index contributed by atoms with van der Waals surface area (Å²) in [7, 11) is 0. The molecule has 1 aromatic heterocycles. The fourth-order valence-corrected chi connectivity index (χ4v) is 6.98. The number of nitrogens with zero attached hydrogens (tertiary/aromatic N) is 4. The zero-order valence-electron chi connectivity index (χ0n) is 20.2. The number of thiophene rings is 1. The number of aliphatic imine (C=N–C) groups is 1. The summed E-state index contributed by atoms with van der Waals surface area (Å²) in [6.07, 6.45) is 3.43. The fraction of sp³-hybridized carbons (Fsp3) is 0.520. The summed E-state index contributed by atoms with van der Waals surface area (Å²) in [6, 6.07) is 7.30. The van der Waals surface area contributed by atoms with Gasteiger partial charge >= 0.3 is 6.03 Å². The van der Waals surface area contributed by atoms with Crippen molar-refractivity contribution in [3.63, 3.8) is 0 Å². The van der Waals surface area contributed by atoms with Crippen LogP contribution in [0.15, 0.2) is 29.3 Å². The SMILES string of the molecule is CCN1C(=O)C2(CCCN(C3CCN(C(=O)c4c(NC(N)=O)sc5ccccc45)CC3)C2)N=C1C. The van der Waals surface area contributed by atoms with Crippen molar-refractivity contribution in [3.8, 4) is 0 Å². The minimum atomic E-state index is -0.677. The first-order valence-electron chi connectivity index (χ1n) is 12.3. The van der Waals surface area contributed by atoms with Crippen LogP contribution >= 0.6 is 11.3 Å². The molecule has 3 aliphatic rings. The Morgan fingerprint density at radius 3 is 2.66 bits per heavy atom. The molecular weight excluding hydrogens is 464 g/mol. The van der Waals surface area contributed by atoms with Gasteiger partial charge in [0.1, 0.15) is 10.8 Å². The molecule has 9 nitrogen and oxygen atoms in total. The molecule has 1 spiro atoms. The van der Waals surface area contributed by atoms with Gasteiger partial charge in [0, 0.05) is 42.3 Å². The van der Waals surface area contributed by atoms with Crippen LogP contribution in [0.2, 0.25) is 0 Å². The van der Waals surface area contributed by atoms with Crippen LogP contribution in [0.4, 0.5) is 9.80 Å². The number of primary amides is 1. The Hall–Kier alpha value is -2.98. The predicted molar refractivity (Wildman–Crippen MR) is 138 cm³/mol. The first-order chi connectivity index (χ1) is 16.8. The van der Waals surface area contributed by atoms with Crippen molar-refractivity contribution in [1.29, 1.82) is 0 Å². The minimum Gasteiger partial charge on any atom is -0.351 e. The number of hydrogen-bond donors (Lipinski definition) is 2. The Kier molecular flexibility index (Phi) is 6.27. The molecule has 3 aliphatic heterocycles. The van der Waals surface area contributed by atoms with Crippen molar-refractivity contribution in [2.75, 3.05) is 38.0 Å². The molecule has 4 heterocycles. The van der Waals surface area contributed by atoms with Gasteiger partial charge < -0.3 is 10.6 Å². The van der Waals surface area contributed by atoms with E-state index in [0.717, 1.165) is 48.1 Å². The summed E-state index contributed by atoms with van der Waals surface area (Å²) in [5.41, 5.74) is 5.24. The van der Waals surface area contributed by atoms with Crippen LogP contribution in [0.3, 0.4) is 0 Å². The van der Waals surface area contributed by atoms with Crippen LogP contribution in [0, 0.1) is 0 Å². The lowest BCUT2D eigenvalue weighted by Crippen LogP contribution is -2.57. The van der Waals surface area contributed by atoms with Gasteiger partial charge in [0.05, 0.1) is 5.56 Å². The van der Waals surface area contributed by atoms with Gasteiger partial charge in [-0.2, -0.15) is 0 Å². The van der Waals surface area contributed by atoms with Gasteiger partial charge in [0.2, 0.25) is 0 Å². The Bertz CT molecular complexity index is 1200. The van der Waals surface area contributed by atoms with Crippen LogP contribution in [0.1, 0.15) is 49.9 Å². The number of fused-ring (bicyclic) bond motifs is 1. The molecule has 0 bridgehead atoms. The predicted octanol–water partition coefficient (Wildman–Crippen LogP) is 3.11. The molecule has 10 heteroatoms. The molecule has 35 heavy (non-hydrogen) atoms. The average Bonchev–Trinajstić information content (AvgIpc) is 3.31. The Labute approximate surface area is 208 Å². The molecule has 186 valence electrons. The lowest BCUT2D eigenvalue weighted by atomic mass is 9.87. The van der Waals surface area contributed by atoms with Gasteiger partial charge in [-0.05, 0) is 52.1 Å². The van der Waals surface area contributed by atoms with Crippen molar-refractivity contribution in [3.05, 3.63) is 29.8 Å². The third-order valence-electron chi connectivity index (χ3n) is 7.54. The summed E-state index contributed by atoms with van der Waals surface area (Å²) < 4.78 is 0.936. The Morgan fingerprint density at radius 2 is 1.97 bits per heavy atom. The number of likely N-dealkylation sites (tertiary alicyclic amines) is 2. The summed E-state index contributed by atoms with van der Waals surface area (Å²) in [6.45, 7) is 7.44. The first-order valence-corrected chi connectivity index (χ1v) is 13.1. The summed E-state index contributed by atoms with van der Waals surface area (Å²) in [5, 5.41) is 3.97. The first kappa shape index (κ1) is 23.7. The van der Waals surface area contributed by atoms with E-state index < -0.39 is 11.6 Å². The summed E-state index contributed by atoms with van der Waals surface area (Å²) in [4.78, 5) is 49.2.